The van der Waals surface area contributed by atoms with Gasteiger partial charge in [0.2, 0.25) is 0 Å². The summed E-state index contributed by atoms with van der Waals surface area (Å²) in [6, 6.07) is 11.2. The average Bonchev–Trinajstić information content (AvgIpc) is 3.14. The molecule has 2 amide bonds. The summed E-state index contributed by atoms with van der Waals surface area (Å²) in [4.78, 5) is 29.5. The third kappa shape index (κ3) is 3.43. The van der Waals surface area contributed by atoms with E-state index in [1.165, 1.54) is 0 Å². The molecule has 6 nitrogen and oxygen atoms in total. The minimum Gasteiger partial charge on any atom is -0.497 e. The van der Waals surface area contributed by atoms with E-state index in [9.17, 15) is 9.59 Å². The summed E-state index contributed by atoms with van der Waals surface area (Å²) in [5.41, 5.74) is 4.37. The summed E-state index contributed by atoms with van der Waals surface area (Å²) in [6.45, 7) is 7.88. The second kappa shape index (κ2) is 7.86. The van der Waals surface area contributed by atoms with Crippen LogP contribution in [0.15, 0.2) is 40.8 Å². The van der Waals surface area contributed by atoms with Crippen molar-refractivity contribution in [1.82, 2.24) is 9.80 Å². The smallest absolute Gasteiger partial charge is 0.290 e. The van der Waals surface area contributed by atoms with Gasteiger partial charge in [0.15, 0.2) is 5.76 Å². The van der Waals surface area contributed by atoms with Crippen LogP contribution in [0.4, 0.5) is 0 Å². The zero-order valence-electron chi connectivity index (χ0n) is 17.8. The molecule has 6 heteroatoms. The highest BCUT2D eigenvalue weighted by Gasteiger charge is 2.29. The van der Waals surface area contributed by atoms with Crippen molar-refractivity contribution in [2.45, 2.75) is 20.8 Å². The van der Waals surface area contributed by atoms with Crippen LogP contribution in [-0.2, 0) is 0 Å². The second-order valence-electron chi connectivity index (χ2n) is 7.78. The van der Waals surface area contributed by atoms with Crippen molar-refractivity contribution in [2.75, 3.05) is 33.3 Å². The maximum Gasteiger partial charge on any atom is 0.290 e. The van der Waals surface area contributed by atoms with Gasteiger partial charge >= 0.3 is 0 Å². The molecule has 1 aliphatic heterocycles. The highest BCUT2D eigenvalue weighted by Crippen LogP contribution is 2.31. The van der Waals surface area contributed by atoms with Crippen LogP contribution < -0.4 is 4.74 Å². The number of hydrogen-bond donors (Lipinski definition) is 0. The predicted octanol–water partition coefficient (Wildman–Crippen LogP) is 3.96. The number of fused-ring (bicyclic) bond motifs is 1. The molecule has 2 aromatic carbocycles. The van der Waals surface area contributed by atoms with E-state index < -0.39 is 0 Å². The quantitative estimate of drug-likeness (QED) is 0.660. The van der Waals surface area contributed by atoms with Crippen molar-refractivity contribution in [2.24, 2.45) is 0 Å². The number of benzene rings is 2. The van der Waals surface area contributed by atoms with Crippen LogP contribution in [0.5, 0.6) is 5.75 Å². The number of hydrogen-bond acceptors (Lipinski definition) is 4. The van der Waals surface area contributed by atoms with Crippen molar-refractivity contribution in [3.63, 3.8) is 0 Å². The molecule has 0 radical (unpaired) electrons. The van der Waals surface area contributed by atoms with Crippen LogP contribution in [0.2, 0.25) is 0 Å². The third-order valence-corrected chi connectivity index (χ3v) is 5.85. The van der Waals surface area contributed by atoms with E-state index >= 15 is 0 Å². The number of aryl methyl sites for hydroxylation is 3. The highest BCUT2D eigenvalue weighted by atomic mass is 16.5. The second-order valence-corrected chi connectivity index (χ2v) is 7.78. The van der Waals surface area contributed by atoms with Gasteiger partial charge in [-0.25, -0.2) is 0 Å². The molecule has 1 aromatic heterocycles. The SMILES string of the molecule is COc1cccc(C(=O)N2CCN(C(=O)c3oc4c(C)ccc(C)c4c3C)CC2)c1. The molecule has 30 heavy (non-hydrogen) atoms. The van der Waals surface area contributed by atoms with Crippen LogP contribution >= 0.6 is 0 Å². The first-order chi connectivity index (χ1) is 14.4. The summed E-state index contributed by atoms with van der Waals surface area (Å²) >= 11 is 0. The maximum atomic E-state index is 13.2. The third-order valence-electron chi connectivity index (χ3n) is 5.85. The van der Waals surface area contributed by atoms with Gasteiger partial charge < -0.3 is 19.0 Å². The Hall–Kier alpha value is -3.28. The van der Waals surface area contributed by atoms with E-state index in [1.54, 1.807) is 35.1 Å². The number of carbonyl (C=O) groups is 2. The monoisotopic (exact) mass is 406 g/mol. The van der Waals surface area contributed by atoms with Crippen molar-refractivity contribution in [3.05, 3.63) is 64.4 Å². The molecule has 0 bridgehead atoms. The first-order valence-electron chi connectivity index (χ1n) is 10.1. The lowest BCUT2D eigenvalue weighted by molar-refractivity contribution is 0.0518. The molecule has 4 rings (SSSR count). The fraction of sp³-hybridized carbons (Fsp3) is 0.333. The molecule has 3 aromatic rings. The molecule has 1 fully saturated rings. The van der Waals surface area contributed by atoms with Crippen LogP contribution in [0.1, 0.15) is 37.6 Å². The van der Waals surface area contributed by atoms with Gasteiger partial charge in [0, 0.05) is 42.7 Å². The van der Waals surface area contributed by atoms with Crippen molar-refractivity contribution in [3.8, 4) is 5.75 Å². The molecular formula is C24H26N2O4. The van der Waals surface area contributed by atoms with Gasteiger partial charge in [0.25, 0.3) is 11.8 Å². The molecular weight excluding hydrogens is 380 g/mol. The fourth-order valence-electron chi connectivity index (χ4n) is 4.07. The van der Waals surface area contributed by atoms with E-state index in [0.717, 1.165) is 27.7 Å². The molecule has 0 unspecified atom stereocenters. The van der Waals surface area contributed by atoms with Crippen LogP contribution in [-0.4, -0.2) is 54.9 Å². The molecule has 0 N–H and O–H groups in total. The van der Waals surface area contributed by atoms with E-state index in [0.29, 0.717) is 43.3 Å². The summed E-state index contributed by atoms with van der Waals surface area (Å²) in [7, 11) is 1.58. The predicted molar refractivity (Wildman–Crippen MR) is 115 cm³/mol. The van der Waals surface area contributed by atoms with Crippen LogP contribution in [0.3, 0.4) is 0 Å². The number of methoxy groups -OCH3 is 1. The lowest BCUT2D eigenvalue weighted by Gasteiger charge is -2.34. The van der Waals surface area contributed by atoms with Crippen molar-refractivity contribution < 1.29 is 18.7 Å². The summed E-state index contributed by atoms with van der Waals surface area (Å²) in [6.07, 6.45) is 0. The zero-order valence-corrected chi connectivity index (χ0v) is 17.8. The number of piperazine rings is 1. The first-order valence-corrected chi connectivity index (χ1v) is 10.1. The van der Waals surface area contributed by atoms with Crippen molar-refractivity contribution >= 4 is 22.8 Å². The molecule has 156 valence electrons. The molecule has 1 aliphatic rings. The number of ether oxygens (including phenoxy) is 1. The topological polar surface area (TPSA) is 63.0 Å². The van der Waals surface area contributed by atoms with Crippen LogP contribution in [0, 0.1) is 20.8 Å². The number of nitrogens with zero attached hydrogens (tertiary/aromatic N) is 2. The summed E-state index contributed by atoms with van der Waals surface area (Å²) in [5, 5.41) is 1.02. The zero-order chi connectivity index (χ0) is 21.4. The van der Waals surface area contributed by atoms with E-state index in [2.05, 4.69) is 6.07 Å². The number of carbonyl (C=O) groups excluding carboxylic acids is 2. The van der Waals surface area contributed by atoms with Gasteiger partial charge in [0.1, 0.15) is 11.3 Å². The Morgan fingerprint density at radius 2 is 1.53 bits per heavy atom. The Labute approximate surface area is 176 Å². The Balaban J connectivity index is 1.49. The minimum absolute atomic E-state index is 0.0489. The summed E-state index contributed by atoms with van der Waals surface area (Å²) in [5.74, 6) is 0.888. The standard InChI is InChI=1S/C24H26N2O4/c1-15-8-9-16(2)21-20(15)17(3)22(30-21)24(28)26-12-10-25(11-13-26)23(27)18-6-5-7-19(14-18)29-4/h5-9,14H,10-13H2,1-4H3. The Morgan fingerprint density at radius 1 is 0.900 bits per heavy atom. The van der Waals surface area contributed by atoms with Crippen molar-refractivity contribution in [1.29, 1.82) is 0 Å². The first kappa shape index (κ1) is 20.0. The Morgan fingerprint density at radius 3 is 2.17 bits per heavy atom. The van der Waals surface area contributed by atoms with Gasteiger partial charge in [-0.2, -0.15) is 0 Å². The number of furan rings is 1. The minimum atomic E-state index is -0.115. The maximum absolute atomic E-state index is 13.2. The van der Waals surface area contributed by atoms with Gasteiger partial charge in [-0.05, 0) is 50.1 Å². The Kier molecular flexibility index (Phi) is 5.24. The molecule has 2 heterocycles. The lowest BCUT2D eigenvalue weighted by Crippen LogP contribution is -2.50. The van der Waals surface area contributed by atoms with E-state index in [4.69, 9.17) is 9.15 Å². The number of rotatable bonds is 3. The van der Waals surface area contributed by atoms with Gasteiger partial charge in [-0.3, -0.25) is 9.59 Å². The lowest BCUT2D eigenvalue weighted by atomic mass is 10.0. The largest absolute Gasteiger partial charge is 0.497 e. The number of amides is 2. The highest BCUT2D eigenvalue weighted by molar-refractivity contribution is 6.01. The van der Waals surface area contributed by atoms with Gasteiger partial charge in [-0.15, -0.1) is 0 Å². The molecule has 0 atom stereocenters. The Bertz CT molecular complexity index is 1120. The van der Waals surface area contributed by atoms with Gasteiger partial charge in [0.05, 0.1) is 7.11 Å². The van der Waals surface area contributed by atoms with Crippen LogP contribution in [0.25, 0.3) is 11.0 Å². The average molecular weight is 406 g/mol. The molecule has 0 aliphatic carbocycles. The van der Waals surface area contributed by atoms with E-state index in [1.807, 2.05) is 32.9 Å². The molecule has 1 saturated heterocycles. The van der Waals surface area contributed by atoms with E-state index in [-0.39, 0.29) is 11.8 Å². The van der Waals surface area contributed by atoms with Gasteiger partial charge in [-0.1, -0.05) is 18.2 Å². The molecule has 0 spiro atoms. The fourth-order valence-corrected chi connectivity index (χ4v) is 4.07. The summed E-state index contributed by atoms with van der Waals surface area (Å²) < 4.78 is 11.2. The molecule has 0 saturated carbocycles. The normalized spacial score (nSPS) is 14.3.